The van der Waals surface area contributed by atoms with E-state index in [1.165, 1.54) is 55.8 Å². The molecule has 2 N–H and O–H groups in total. The first-order valence-corrected chi connectivity index (χ1v) is 6.47. The highest BCUT2D eigenvalue weighted by atomic mass is 15.1. The summed E-state index contributed by atoms with van der Waals surface area (Å²) in [7, 11) is 2.22. The summed E-state index contributed by atoms with van der Waals surface area (Å²) in [4.78, 5) is 6.07. The van der Waals surface area contributed by atoms with Crippen LogP contribution in [0.25, 0.3) is 0 Å². The quantitative estimate of drug-likeness (QED) is 0.758. The van der Waals surface area contributed by atoms with E-state index in [0.717, 1.165) is 12.5 Å². The highest BCUT2D eigenvalue weighted by molar-refractivity contribution is 5.53. The van der Waals surface area contributed by atoms with Gasteiger partial charge >= 0.3 is 0 Å². The second kappa shape index (κ2) is 4.13. The number of hydrogen-bond donors (Lipinski definition) is 2. The van der Waals surface area contributed by atoms with Crippen molar-refractivity contribution < 1.29 is 0 Å². The zero-order valence-electron chi connectivity index (χ0n) is 10.1. The number of hydrogen-bond acceptors (Lipinski definition) is 2. The maximum atomic E-state index is 3.64. The van der Waals surface area contributed by atoms with Crippen molar-refractivity contribution >= 4 is 5.69 Å². The van der Waals surface area contributed by atoms with Crippen LogP contribution in [0.15, 0.2) is 6.07 Å². The molecule has 3 heteroatoms. The van der Waals surface area contributed by atoms with Gasteiger partial charge in [0.1, 0.15) is 0 Å². The summed E-state index contributed by atoms with van der Waals surface area (Å²) in [6.45, 7) is 3.61. The average Bonchev–Trinajstić information content (AvgIpc) is 2.73. The Kier molecular flexibility index (Phi) is 2.64. The third-order valence-electron chi connectivity index (χ3n) is 4.00. The third kappa shape index (κ3) is 1.84. The van der Waals surface area contributed by atoms with E-state index in [1.807, 2.05) is 0 Å². The predicted octanol–water partition coefficient (Wildman–Crippen LogP) is 2.18. The second-order valence-electron chi connectivity index (χ2n) is 5.22. The van der Waals surface area contributed by atoms with Crippen molar-refractivity contribution in [1.29, 1.82) is 0 Å². The van der Waals surface area contributed by atoms with Gasteiger partial charge in [-0.15, -0.1) is 0 Å². The molecule has 0 amide bonds. The molecule has 0 spiro atoms. The maximum absolute atomic E-state index is 3.64. The first-order valence-electron chi connectivity index (χ1n) is 6.47. The van der Waals surface area contributed by atoms with Gasteiger partial charge in [0.25, 0.3) is 0 Å². The number of aromatic nitrogens is 1. The minimum absolute atomic E-state index is 0.753. The van der Waals surface area contributed by atoms with Crippen LogP contribution in [-0.4, -0.2) is 36.6 Å². The molecule has 0 aliphatic carbocycles. The van der Waals surface area contributed by atoms with Crippen molar-refractivity contribution in [3.63, 3.8) is 0 Å². The highest BCUT2D eigenvalue weighted by Crippen LogP contribution is 2.31. The summed E-state index contributed by atoms with van der Waals surface area (Å²) in [6.07, 6.45) is 5.08. The van der Waals surface area contributed by atoms with Gasteiger partial charge in [0.2, 0.25) is 0 Å². The molecule has 0 atom stereocenters. The van der Waals surface area contributed by atoms with Crippen LogP contribution in [0.2, 0.25) is 0 Å². The number of aryl methyl sites for hydroxylation is 1. The lowest BCUT2D eigenvalue weighted by molar-refractivity contribution is 0.253. The number of rotatable bonds is 1. The number of piperidine rings is 1. The van der Waals surface area contributed by atoms with Gasteiger partial charge in [-0.2, -0.15) is 0 Å². The molecule has 1 saturated heterocycles. The first-order chi connectivity index (χ1) is 7.83. The third-order valence-corrected chi connectivity index (χ3v) is 4.00. The maximum Gasteiger partial charge on any atom is 0.0553 e. The monoisotopic (exact) mass is 219 g/mol. The van der Waals surface area contributed by atoms with Gasteiger partial charge in [-0.1, -0.05) is 0 Å². The van der Waals surface area contributed by atoms with Gasteiger partial charge < -0.3 is 15.2 Å². The SMILES string of the molecule is CN1CCC(c2cc3c([nH]2)CCCN3)CC1. The Hall–Kier alpha value is -0.960. The summed E-state index contributed by atoms with van der Waals surface area (Å²) in [5.41, 5.74) is 4.26. The summed E-state index contributed by atoms with van der Waals surface area (Å²) in [5.74, 6) is 0.753. The Labute approximate surface area is 97.2 Å². The minimum atomic E-state index is 0.753. The van der Waals surface area contributed by atoms with Gasteiger partial charge in [0, 0.05) is 23.9 Å². The molecular weight excluding hydrogens is 198 g/mol. The van der Waals surface area contributed by atoms with Crippen LogP contribution in [0.3, 0.4) is 0 Å². The molecule has 1 fully saturated rings. The number of nitrogens with zero attached hydrogens (tertiary/aromatic N) is 1. The van der Waals surface area contributed by atoms with Crippen LogP contribution in [-0.2, 0) is 6.42 Å². The van der Waals surface area contributed by atoms with Gasteiger partial charge in [0.15, 0.2) is 0 Å². The standard InChI is InChI=1S/C13H21N3/c1-16-7-4-10(5-8-16)12-9-13-11(15-12)3-2-6-14-13/h9-10,14-15H,2-8H2,1H3. The normalized spacial score (nSPS) is 22.8. The lowest BCUT2D eigenvalue weighted by atomic mass is 9.94. The molecule has 0 radical (unpaired) electrons. The van der Waals surface area contributed by atoms with Crippen molar-refractivity contribution in [2.75, 3.05) is 32.0 Å². The number of nitrogens with one attached hydrogen (secondary N) is 2. The van der Waals surface area contributed by atoms with E-state index >= 15 is 0 Å². The van der Waals surface area contributed by atoms with E-state index in [9.17, 15) is 0 Å². The summed E-state index contributed by atoms with van der Waals surface area (Å²) in [5, 5.41) is 3.49. The van der Waals surface area contributed by atoms with E-state index in [4.69, 9.17) is 0 Å². The van der Waals surface area contributed by atoms with Crippen molar-refractivity contribution in [2.24, 2.45) is 0 Å². The van der Waals surface area contributed by atoms with Crippen LogP contribution in [0.4, 0.5) is 5.69 Å². The summed E-state index contributed by atoms with van der Waals surface area (Å²) in [6, 6.07) is 2.35. The van der Waals surface area contributed by atoms with E-state index in [2.05, 4.69) is 28.3 Å². The topological polar surface area (TPSA) is 31.1 Å². The van der Waals surface area contributed by atoms with E-state index in [0.29, 0.717) is 0 Å². The van der Waals surface area contributed by atoms with Crippen LogP contribution >= 0.6 is 0 Å². The van der Waals surface area contributed by atoms with E-state index in [1.54, 1.807) is 0 Å². The lowest BCUT2D eigenvalue weighted by Gasteiger charge is -2.28. The molecule has 16 heavy (non-hydrogen) atoms. The molecule has 2 aliphatic heterocycles. The Morgan fingerprint density at radius 3 is 2.88 bits per heavy atom. The van der Waals surface area contributed by atoms with Gasteiger partial charge in [-0.3, -0.25) is 0 Å². The van der Waals surface area contributed by atoms with Gasteiger partial charge in [0.05, 0.1) is 5.69 Å². The minimum Gasteiger partial charge on any atom is -0.384 e. The molecule has 0 saturated carbocycles. The molecule has 0 bridgehead atoms. The number of anilines is 1. The molecule has 2 aliphatic rings. The highest BCUT2D eigenvalue weighted by Gasteiger charge is 2.21. The number of H-pyrrole nitrogens is 1. The zero-order chi connectivity index (χ0) is 11.0. The van der Waals surface area contributed by atoms with Crippen LogP contribution < -0.4 is 5.32 Å². The first kappa shape index (κ1) is 10.2. The van der Waals surface area contributed by atoms with E-state index < -0.39 is 0 Å². The molecule has 3 rings (SSSR count). The number of likely N-dealkylation sites (tertiary alicyclic amines) is 1. The Morgan fingerprint density at radius 1 is 1.31 bits per heavy atom. The molecular formula is C13H21N3. The molecule has 1 aromatic rings. The van der Waals surface area contributed by atoms with Crippen molar-refractivity contribution in [1.82, 2.24) is 9.88 Å². The molecule has 88 valence electrons. The van der Waals surface area contributed by atoms with Crippen LogP contribution in [0.5, 0.6) is 0 Å². The number of fused-ring (bicyclic) bond motifs is 1. The average molecular weight is 219 g/mol. The zero-order valence-corrected chi connectivity index (χ0v) is 10.1. The fourth-order valence-corrected chi connectivity index (χ4v) is 2.90. The number of aromatic amines is 1. The summed E-state index contributed by atoms with van der Waals surface area (Å²) < 4.78 is 0. The smallest absolute Gasteiger partial charge is 0.0553 e. The van der Waals surface area contributed by atoms with Crippen LogP contribution in [0.1, 0.15) is 36.6 Å². The van der Waals surface area contributed by atoms with Gasteiger partial charge in [-0.05, 0) is 51.9 Å². The molecule has 3 nitrogen and oxygen atoms in total. The lowest BCUT2D eigenvalue weighted by Crippen LogP contribution is -2.29. The Balaban J connectivity index is 1.76. The van der Waals surface area contributed by atoms with E-state index in [-0.39, 0.29) is 0 Å². The largest absolute Gasteiger partial charge is 0.384 e. The predicted molar refractivity (Wildman–Crippen MR) is 67.1 cm³/mol. The molecule has 0 unspecified atom stereocenters. The van der Waals surface area contributed by atoms with Crippen molar-refractivity contribution in [3.05, 3.63) is 17.5 Å². The van der Waals surface area contributed by atoms with Crippen LogP contribution in [0, 0.1) is 0 Å². The van der Waals surface area contributed by atoms with Crippen molar-refractivity contribution in [3.8, 4) is 0 Å². The molecule has 0 aromatic carbocycles. The van der Waals surface area contributed by atoms with Gasteiger partial charge in [-0.25, -0.2) is 0 Å². The Bertz CT molecular complexity index is 338. The second-order valence-corrected chi connectivity index (χ2v) is 5.22. The summed E-state index contributed by atoms with van der Waals surface area (Å²) >= 11 is 0. The fourth-order valence-electron chi connectivity index (χ4n) is 2.90. The molecule has 3 heterocycles. The Morgan fingerprint density at radius 2 is 2.12 bits per heavy atom. The fraction of sp³-hybridized carbons (Fsp3) is 0.692. The molecule has 1 aromatic heterocycles. The van der Waals surface area contributed by atoms with Crippen molar-refractivity contribution in [2.45, 2.75) is 31.6 Å².